The molecule has 5 nitrogen and oxygen atoms in total. The molecule has 1 aromatic heterocycles. The summed E-state index contributed by atoms with van der Waals surface area (Å²) in [4.78, 5) is 15.3. The van der Waals surface area contributed by atoms with Crippen LogP contribution >= 0.6 is 0 Å². The number of H-pyrrole nitrogens is 1. The van der Waals surface area contributed by atoms with Gasteiger partial charge in [-0.2, -0.15) is 0 Å². The van der Waals surface area contributed by atoms with Crippen LogP contribution in [0.15, 0.2) is 52.2 Å². The maximum atomic E-state index is 12.5. The van der Waals surface area contributed by atoms with Crippen molar-refractivity contribution >= 4 is 20.9 Å². The van der Waals surface area contributed by atoms with Crippen LogP contribution in [0.4, 0.5) is 0 Å². The zero-order valence-electron chi connectivity index (χ0n) is 14.4. The van der Waals surface area contributed by atoms with Gasteiger partial charge in [0.2, 0.25) is 10.0 Å². The van der Waals surface area contributed by atoms with E-state index in [9.17, 15) is 13.2 Å². The van der Waals surface area contributed by atoms with Crippen molar-refractivity contribution in [2.24, 2.45) is 0 Å². The summed E-state index contributed by atoms with van der Waals surface area (Å²) < 4.78 is 27.5. The third-order valence-corrected chi connectivity index (χ3v) is 5.93. The summed E-state index contributed by atoms with van der Waals surface area (Å²) in [5.41, 5.74) is 3.71. The molecule has 130 valence electrons. The molecule has 0 saturated heterocycles. The van der Waals surface area contributed by atoms with Crippen LogP contribution in [0, 0.1) is 20.8 Å². The van der Waals surface area contributed by atoms with Gasteiger partial charge in [0, 0.05) is 17.6 Å². The number of sulfonamides is 1. The Morgan fingerprint density at radius 3 is 2.36 bits per heavy atom. The first kappa shape index (κ1) is 17.4. The molecule has 0 saturated carbocycles. The molecule has 0 unspecified atom stereocenters. The van der Waals surface area contributed by atoms with E-state index in [0.717, 1.165) is 22.0 Å². The number of hydrogen-bond donors (Lipinski definition) is 2. The largest absolute Gasteiger partial charge is 0.322 e. The first-order valence-electron chi connectivity index (χ1n) is 7.96. The zero-order valence-corrected chi connectivity index (χ0v) is 15.2. The van der Waals surface area contributed by atoms with Crippen LogP contribution in [0.25, 0.3) is 10.9 Å². The van der Waals surface area contributed by atoms with Crippen molar-refractivity contribution in [1.82, 2.24) is 9.71 Å². The van der Waals surface area contributed by atoms with Crippen LogP contribution in [-0.2, 0) is 16.6 Å². The predicted molar refractivity (Wildman–Crippen MR) is 99.2 cm³/mol. The van der Waals surface area contributed by atoms with Crippen molar-refractivity contribution in [3.8, 4) is 0 Å². The highest BCUT2D eigenvalue weighted by Crippen LogP contribution is 2.18. The van der Waals surface area contributed by atoms with Gasteiger partial charge in [0.1, 0.15) is 0 Å². The summed E-state index contributed by atoms with van der Waals surface area (Å²) in [6.45, 7) is 5.66. The highest BCUT2D eigenvalue weighted by molar-refractivity contribution is 7.89. The molecule has 6 heteroatoms. The quantitative estimate of drug-likeness (QED) is 0.754. The number of hydrogen-bond acceptors (Lipinski definition) is 3. The molecule has 0 amide bonds. The second-order valence-electron chi connectivity index (χ2n) is 6.24. The van der Waals surface area contributed by atoms with E-state index >= 15 is 0 Å². The Bertz CT molecular complexity index is 1120. The number of aromatic nitrogens is 1. The van der Waals surface area contributed by atoms with Crippen molar-refractivity contribution in [1.29, 1.82) is 0 Å². The molecule has 0 radical (unpaired) electrons. The van der Waals surface area contributed by atoms with Crippen molar-refractivity contribution in [3.05, 3.63) is 75.1 Å². The third kappa shape index (κ3) is 3.50. The fraction of sp³-hybridized carbons (Fsp3) is 0.211. The summed E-state index contributed by atoms with van der Waals surface area (Å²) in [5.74, 6) is 0. The third-order valence-electron chi connectivity index (χ3n) is 4.37. The molecule has 0 aliphatic carbocycles. The number of pyridine rings is 1. The summed E-state index contributed by atoms with van der Waals surface area (Å²) in [7, 11) is -3.68. The molecule has 0 atom stereocenters. The van der Waals surface area contributed by atoms with E-state index in [4.69, 9.17) is 0 Å². The van der Waals surface area contributed by atoms with Gasteiger partial charge in [-0.3, -0.25) is 4.79 Å². The van der Waals surface area contributed by atoms with Crippen molar-refractivity contribution in [2.45, 2.75) is 32.2 Å². The number of aromatic amines is 1. The minimum Gasteiger partial charge on any atom is -0.322 e. The lowest BCUT2D eigenvalue weighted by molar-refractivity contribution is 0.580. The molecular weight excluding hydrogens is 336 g/mol. The topological polar surface area (TPSA) is 79.0 Å². The monoisotopic (exact) mass is 356 g/mol. The molecular formula is C19H20N2O3S. The molecule has 1 heterocycles. The van der Waals surface area contributed by atoms with E-state index in [1.54, 1.807) is 37.3 Å². The number of nitrogens with one attached hydrogen (secondary N) is 2. The van der Waals surface area contributed by atoms with Crippen LogP contribution < -0.4 is 10.3 Å². The highest BCUT2D eigenvalue weighted by Gasteiger charge is 2.16. The fourth-order valence-corrected chi connectivity index (χ4v) is 4.01. The zero-order chi connectivity index (χ0) is 18.2. The molecule has 3 aromatic rings. The Hall–Kier alpha value is -2.44. The van der Waals surface area contributed by atoms with Crippen molar-refractivity contribution in [2.75, 3.05) is 0 Å². The van der Waals surface area contributed by atoms with Crippen LogP contribution in [0.1, 0.15) is 22.3 Å². The lowest BCUT2D eigenvalue weighted by Crippen LogP contribution is -2.27. The van der Waals surface area contributed by atoms with E-state index < -0.39 is 10.0 Å². The first-order chi connectivity index (χ1) is 11.8. The summed E-state index contributed by atoms with van der Waals surface area (Å²) >= 11 is 0. The van der Waals surface area contributed by atoms with E-state index in [1.807, 2.05) is 26.0 Å². The number of aryl methyl sites for hydroxylation is 3. The molecule has 0 aliphatic rings. The fourth-order valence-electron chi connectivity index (χ4n) is 2.76. The second-order valence-corrected chi connectivity index (χ2v) is 7.97. The van der Waals surface area contributed by atoms with Gasteiger partial charge in [-0.1, -0.05) is 18.2 Å². The lowest BCUT2D eigenvalue weighted by Gasteiger charge is -2.10. The van der Waals surface area contributed by atoms with Crippen LogP contribution in [-0.4, -0.2) is 13.4 Å². The minimum absolute atomic E-state index is 0.0606. The first-order valence-corrected chi connectivity index (χ1v) is 9.45. The predicted octanol–water partition coefficient (Wildman–Crippen LogP) is 2.93. The molecule has 0 bridgehead atoms. The maximum absolute atomic E-state index is 12.5. The Morgan fingerprint density at radius 1 is 0.960 bits per heavy atom. The maximum Gasteiger partial charge on any atom is 0.252 e. The molecule has 0 spiro atoms. The molecule has 0 aliphatic heterocycles. The summed E-state index contributed by atoms with van der Waals surface area (Å²) in [5, 5.41) is 0.882. The number of rotatable bonds is 4. The average molecular weight is 356 g/mol. The molecule has 0 fully saturated rings. The Kier molecular flexibility index (Phi) is 4.49. The molecule has 2 aromatic carbocycles. The Balaban J connectivity index is 1.93. The van der Waals surface area contributed by atoms with Crippen LogP contribution in [0.3, 0.4) is 0 Å². The minimum atomic E-state index is -3.68. The normalized spacial score (nSPS) is 11.8. The van der Waals surface area contributed by atoms with E-state index in [2.05, 4.69) is 9.71 Å². The van der Waals surface area contributed by atoms with Gasteiger partial charge >= 0.3 is 0 Å². The summed E-state index contributed by atoms with van der Waals surface area (Å²) in [6, 6.07) is 12.4. The number of benzene rings is 2. The van der Waals surface area contributed by atoms with E-state index in [1.165, 1.54) is 0 Å². The van der Waals surface area contributed by atoms with Gasteiger partial charge < -0.3 is 4.98 Å². The van der Waals surface area contributed by atoms with Crippen molar-refractivity contribution in [3.63, 3.8) is 0 Å². The van der Waals surface area contributed by atoms with E-state index in [-0.39, 0.29) is 17.0 Å². The van der Waals surface area contributed by atoms with Crippen LogP contribution in [0.5, 0.6) is 0 Å². The van der Waals surface area contributed by atoms with Crippen LogP contribution in [0.2, 0.25) is 0 Å². The Morgan fingerprint density at radius 2 is 1.64 bits per heavy atom. The van der Waals surface area contributed by atoms with E-state index in [0.29, 0.717) is 11.1 Å². The van der Waals surface area contributed by atoms with Gasteiger partial charge in [-0.05, 0) is 67.1 Å². The molecule has 25 heavy (non-hydrogen) atoms. The standard InChI is InChI=1S/C19H20N2O3S/c1-12-6-4-5-7-18(12)25(23,24)20-11-16-10-15-8-13(2)14(3)9-17(15)21-19(16)22/h4-10,20H,11H2,1-3H3,(H,21,22). The van der Waals surface area contributed by atoms with Gasteiger partial charge in [0.15, 0.2) is 0 Å². The van der Waals surface area contributed by atoms with Gasteiger partial charge in [0.25, 0.3) is 5.56 Å². The second kappa shape index (κ2) is 6.46. The summed E-state index contributed by atoms with van der Waals surface area (Å²) in [6.07, 6.45) is 0. The van der Waals surface area contributed by atoms with Gasteiger partial charge in [-0.15, -0.1) is 0 Å². The lowest BCUT2D eigenvalue weighted by atomic mass is 10.1. The van der Waals surface area contributed by atoms with Crippen molar-refractivity contribution < 1.29 is 8.42 Å². The average Bonchev–Trinajstić information content (AvgIpc) is 2.55. The highest BCUT2D eigenvalue weighted by atomic mass is 32.2. The molecule has 2 N–H and O–H groups in total. The molecule has 3 rings (SSSR count). The SMILES string of the molecule is Cc1cc2cc(CNS(=O)(=O)c3ccccc3C)c(=O)[nH]c2cc1C. The smallest absolute Gasteiger partial charge is 0.252 e. The van der Waals surface area contributed by atoms with Gasteiger partial charge in [0.05, 0.1) is 4.90 Å². The Labute approximate surface area is 146 Å². The van der Waals surface area contributed by atoms with Gasteiger partial charge in [-0.25, -0.2) is 13.1 Å². The number of fused-ring (bicyclic) bond motifs is 1.